The summed E-state index contributed by atoms with van der Waals surface area (Å²) in [6, 6.07) is 7.28. The van der Waals surface area contributed by atoms with Gasteiger partial charge in [-0.25, -0.2) is 9.97 Å². The second-order valence-corrected chi connectivity index (χ2v) is 7.16. The number of piperidine rings is 1. The highest BCUT2D eigenvalue weighted by atomic mass is 16.2. The van der Waals surface area contributed by atoms with Crippen molar-refractivity contribution >= 4 is 17.6 Å². The van der Waals surface area contributed by atoms with Gasteiger partial charge in [0.15, 0.2) is 5.82 Å². The second-order valence-electron chi connectivity index (χ2n) is 7.16. The lowest BCUT2D eigenvalue weighted by Crippen LogP contribution is -2.48. The third-order valence-electron chi connectivity index (χ3n) is 4.71. The van der Waals surface area contributed by atoms with Gasteiger partial charge in [0.05, 0.1) is 0 Å². The molecule has 1 aliphatic rings. The normalized spacial score (nSPS) is 17.0. The summed E-state index contributed by atoms with van der Waals surface area (Å²) in [7, 11) is 5.64. The zero-order valence-corrected chi connectivity index (χ0v) is 16.2. The highest BCUT2D eigenvalue weighted by Gasteiger charge is 2.24. The molecule has 2 aromatic rings. The SMILES string of the molecule is Cc1cnc(-c2cccc(C(=O)N[C@H]3CCC(=O)N(C)C3)c2)nc1N(C)C. The van der Waals surface area contributed by atoms with Gasteiger partial charge in [-0.1, -0.05) is 12.1 Å². The Labute approximate surface area is 159 Å². The molecule has 0 bridgehead atoms. The molecule has 0 aliphatic carbocycles. The number of anilines is 1. The van der Waals surface area contributed by atoms with E-state index in [1.54, 1.807) is 30.3 Å². The van der Waals surface area contributed by atoms with Crippen LogP contribution in [0.4, 0.5) is 5.82 Å². The van der Waals surface area contributed by atoms with Crippen LogP contribution in [-0.2, 0) is 4.79 Å². The van der Waals surface area contributed by atoms with Crippen LogP contribution in [-0.4, -0.2) is 60.4 Å². The first kappa shape index (κ1) is 18.8. The lowest BCUT2D eigenvalue weighted by atomic mass is 10.0. The molecule has 7 nitrogen and oxygen atoms in total. The lowest BCUT2D eigenvalue weighted by Gasteiger charge is -2.30. The molecule has 0 unspecified atom stereocenters. The van der Waals surface area contributed by atoms with E-state index in [9.17, 15) is 9.59 Å². The summed E-state index contributed by atoms with van der Waals surface area (Å²) >= 11 is 0. The van der Waals surface area contributed by atoms with Crippen molar-refractivity contribution < 1.29 is 9.59 Å². The Morgan fingerprint density at radius 1 is 1.33 bits per heavy atom. The quantitative estimate of drug-likeness (QED) is 0.893. The van der Waals surface area contributed by atoms with Gasteiger partial charge in [0.25, 0.3) is 5.91 Å². The second kappa shape index (κ2) is 7.73. The number of carbonyl (C=O) groups excluding carboxylic acids is 2. The Morgan fingerprint density at radius 3 is 2.81 bits per heavy atom. The maximum Gasteiger partial charge on any atom is 0.251 e. The van der Waals surface area contributed by atoms with Gasteiger partial charge in [-0.3, -0.25) is 9.59 Å². The zero-order chi connectivity index (χ0) is 19.6. The van der Waals surface area contributed by atoms with E-state index in [-0.39, 0.29) is 17.9 Å². The van der Waals surface area contributed by atoms with Crippen LogP contribution in [0.25, 0.3) is 11.4 Å². The van der Waals surface area contributed by atoms with E-state index in [4.69, 9.17) is 0 Å². The summed E-state index contributed by atoms with van der Waals surface area (Å²) in [4.78, 5) is 36.9. The lowest BCUT2D eigenvalue weighted by molar-refractivity contribution is -0.132. The fourth-order valence-corrected chi connectivity index (χ4v) is 3.22. The van der Waals surface area contributed by atoms with Gasteiger partial charge in [0, 0.05) is 63.0 Å². The van der Waals surface area contributed by atoms with Crippen LogP contribution < -0.4 is 10.2 Å². The van der Waals surface area contributed by atoms with Crippen molar-refractivity contribution in [1.82, 2.24) is 20.2 Å². The molecule has 1 aromatic heterocycles. The van der Waals surface area contributed by atoms with Gasteiger partial charge in [0.1, 0.15) is 5.82 Å². The molecule has 1 N–H and O–H groups in total. The van der Waals surface area contributed by atoms with Crippen molar-refractivity contribution in [1.29, 1.82) is 0 Å². The van der Waals surface area contributed by atoms with E-state index in [0.29, 0.717) is 30.8 Å². The minimum absolute atomic E-state index is 0.0279. The standard InChI is InChI=1S/C20H25N5O2/c1-13-11-21-18(23-19(13)24(2)3)14-6-5-7-15(10-14)20(27)22-16-8-9-17(26)25(4)12-16/h5-7,10-11,16H,8-9,12H2,1-4H3,(H,22,27)/t16-/m0/s1. The number of likely N-dealkylation sites (N-methyl/N-ethyl adjacent to an activating group) is 1. The third-order valence-corrected chi connectivity index (χ3v) is 4.71. The summed E-state index contributed by atoms with van der Waals surface area (Å²) in [5.74, 6) is 1.41. The Kier molecular flexibility index (Phi) is 5.39. The number of rotatable bonds is 4. The molecule has 27 heavy (non-hydrogen) atoms. The summed E-state index contributed by atoms with van der Waals surface area (Å²) < 4.78 is 0. The molecule has 2 amide bonds. The van der Waals surface area contributed by atoms with E-state index in [1.165, 1.54) is 0 Å². The summed E-state index contributed by atoms with van der Waals surface area (Å²) in [6.07, 6.45) is 2.92. The minimum Gasteiger partial charge on any atom is -0.362 e. The smallest absolute Gasteiger partial charge is 0.251 e. The van der Waals surface area contributed by atoms with Gasteiger partial charge in [-0.15, -0.1) is 0 Å². The summed E-state index contributed by atoms with van der Waals surface area (Å²) in [5, 5.41) is 3.02. The van der Waals surface area contributed by atoms with Gasteiger partial charge in [-0.05, 0) is 25.5 Å². The molecular formula is C20H25N5O2. The Hall–Kier alpha value is -2.96. The van der Waals surface area contributed by atoms with Crippen LogP contribution in [0.2, 0.25) is 0 Å². The predicted molar refractivity (Wildman–Crippen MR) is 105 cm³/mol. The summed E-state index contributed by atoms with van der Waals surface area (Å²) in [6.45, 7) is 2.51. The number of carbonyl (C=O) groups is 2. The van der Waals surface area contributed by atoms with E-state index < -0.39 is 0 Å². The highest BCUT2D eigenvalue weighted by molar-refractivity contribution is 5.95. The Balaban J connectivity index is 1.78. The van der Waals surface area contributed by atoms with Crippen molar-refractivity contribution in [2.24, 2.45) is 0 Å². The Morgan fingerprint density at radius 2 is 2.11 bits per heavy atom. The number of amides is 2. The fraction of sp³-hybridized carbons (Fsp3) is 0.400. The first-order valence-electron chi connectivity index (χ1n) is 9.01. The number of nitrogens with one attached hydrogen (secondary N) is 1. The predicted octanol–water partition coefficient (Wildman–Crippen LogP) is 1.87. The minimum atomic E-state index is -0.149. The molecule has 2 heterocycles. The van der Waals surface area contributed by atoms with Crippen molar-refractivity contribution in [3.8, 4) is 11.4 Å². The number of benzene rings is 1. The van der Waals surface area contributed by atoms with Crippen molar-refractivity contribution in [2.75, 3.05) is 32.6 Å². The molecule has 1 atom stereocenters. The molecule has 1 aliphatic heterocycles. The van der Waals surface area contributed by atoms with Gasteiger partial charge in [0.2, 0.25) is 5.91 Å². The molecule has 1 fully saturated rings. The maximum atomic E-state index is 12.7. The van der Waals surface area contributed by atoms with Crippen LogP contribution >= 0.6 is 0 Å². The van der Waals surface area contributed by atoms with E-state index in [0.717, 1.165) is 16.9 Å². The van der Waals surface area contributed by atoms with Gasteiger partial charge >= 0.3 is 0 Å². The van der Waals surface area contributed by atoms with E-state index in [1.807, 2.05) is 38.1 Å². The van der Waals surface area contributed by atoms with Crippen LogP contribution in [0.15, 0.2) is 30.5 Å². The van der Waals surface area contributed by atoms with Crippen LogP contribution in [0, 0.1) is 6.92 Å². The fourth-order valence-electron chi connectivity index (χ4n) is 3.22. The average Bonchev–Trinajstić information content (AvgIpc) is 2.65. The highest BCUT2D eigenvalue weighted by Crippen LogP contribution is 2.21. The van der Waals surface area contributed by atoms with Gasteiger partial charge in [-0.2, -0.15) is 0 Å². The molecule has 142 valence electrons. The number of hydrogen-bond donors (Lipinski definition) is 1. The van der Waals surface area contributed by atoms with Crippen molar-refractivity contribution in [2.45, 2.75) is 25.8 Å². The number of aryl methyl sites for hydroxylation is 1. The first-order chi connectivity index (χ1) is 12.8. The molecule has 0 radical (unpaired) electrons. The molecule has 1 saturated heterocycles. The van der Waals surface area contributed by atoms with Crippen LogP contribution in [0.5, 0.6) is 0 Å². The molecule has 7 heteroatoms. The molecule has 1 aromatic carbocycles. The monoisotopic (exact) mass is 367 g/mol. The van der Waals surface area contributed by atoms with Crippen LogP contribution in [0.1, 0.15) is 28.8 Å². The molecule has 0 spiro atoms. The number of nitrogens with zero attached hydrogens (tertiary/aromatic N) is 4. The van der Waals surface area contributed by atoms with Gasteiger partial charge < -0.3 is 15.1 Å². The van der Waals surface area contributed by atoms with Crippen molar-refractivity contribution in [3.05, 3.63) is 41.6 Å². The zero-order valence-electron chi connectivity index (χ0n) is 16.2. The first-order valence-corrected chi connectivity index (χ1v) is 9.01. The number of hydrogen-bond acceptors (Lipinski definition) is 5. The summed E-state index contributed by atoms with van der Waals surface area (Å²) in [5.41, 5.74) is 2.35. The van der Waals surface area contributed by atoms with E-state index >= 15 is 0 Å². The maximum absolute atomic E-state index is 12.7. The molecule has 0 saturated carbocycles. The van der Waals surface area contributed by atoms with Crippen molar-refractivity contribution in [3.63, 3.8) is 0 Å². The third kappa shape index (κ3) is 4.24. The molecular weight excluding hydrogens is 342 g/mol. The number of likely N-dealkylation sites (tertiary alicyclic amines) is 1. The number of aromatic nitrogens is 2. The molecule has 3 rings (SSSR count). The van der Waals surface area contributed by atoms with E-state index in [2.05, 4.69) is 15.3 Å². The largest absolute Gasteiger partial charge is 0.362 e. The van der Waals surface area contributed by atoms with Crippen LogP contribution in [0.3, 0.4) is 0 Å². The topological polar surface area (TPSA) is 78.4 Å². The average molecular weight is 367 g/mol. The Bertz CT molecular complexity index is 865.